The van der Waals surface area contributed by atoms with Gasteiger partial charge in [0.1, 0.15) is 0 Å². The Morgan fingerprint density at radius 1 is 0.750 bits per heavy atom. The number of hydrogen-bond acceptors (Lipinski definition) is 0. The Kier molecular flexibility index (Phi) is 2.40. The van der Waals surface area contributed by atoms with Crippen molar-refractivity contribution in [2.24, 2.45) is 0 Å². The molecule has 1 nitrogen and oxygen atoms in total. The average Bonchev–Trinajstić information content (AvgIpc) is 2.86. The molecule has 20 heavy (non-hydrogen) atoms. The van der Waals surface area contributed by atoms with Crippen LogP contribution in [0.4, 0.5) is 0 Å². The smallest absolute Gasteiger partial charge is 0.0544 e. The van der Waals surface area contributed by atoms with Crippen LogP contribution in [0.5, 0.6) is 0 Å². The van der Waals surface area contributed by atoms with Crippen molar-refractivity contribution in [3.63, 3.8) is 0 Å². The lowest BCUT2D eigenvalue weighted by molar-refractivity contribution is 1.48. The van der Waals surface area contributed by atoms with Gasteiger partial charge < -0.3 is 4.98 Å². The topological polar surface area (TPSA) is 15.8 Å². The SMILES string of the molecule is Cc1ccc2[nH]c3c(-c4ccccc4)cccc3c2c1. The molecule has 0 saturated heterocycles. The number of aryl methyl sites for hydroxylation is 1. The second-order valence-corrected chi connectivity index (χ2v) is 5.27. The molecule has 1 aromatic heterocycles. The van der Waals surface area contributed by atoms with Crippen LogP contribution in [-0.4, -0.2) is 4.98 Å². The summed E-state index contributed by atoms with van der Waals surface area (Å²) >= 11 is 0. The Labute approximate surface area is 117 Å². The molecule has 0 aliphatic carbocycles. The summed E-state index contributed by atoms with van der Waals surface area (Å²) in [6.07, 6.45) is 0. The fourth-order valence-corrected chi connectivity index (χ4v) is 2.89. The van der Waals surface area contributed by atoms with Gasteiger partial charge >= 0.3 is 0 Å². The third-order valence-electron chi connectivity index (χ3n) is 3.87. The van der Waals surface area contributed by atoms with Crippen LogP contribution in [0.1, 0.15) is 5.56 Å². The fraction of sp³-hybridized carbons (Fsp3) is 0.0526. The van der Waals surface area contributed by atoms with Crippen LogP contribution in [0.2, 0.25) is 0 Å². The summed E-state index contributed by atoms with van der Waals surface area (Å²) < 4.78 is 0. The first-order chi connectivity index (χ1) is 9.83. The second-order valence-electron chi connectivity index (χ2n) is 5.27. The van der Waals surface area contributed by atoms with Gasteiger partial charge in [-0.3, -0.25) is 0 Å². The van der Waals surface area contributed by atoms with Gasteiger partial charge in [0.15, 0.2) is 0 Å². The number of nitrogens with one attached hydrogen (secondary N) is 1. The number of benzene rings is 3. The van der Waals surface area contributed by atoms with Gasteiger partial charge in [0.25, 0.3) is 0 Å². The molecule has 1 N–H and O–H groups in total. The van der Waals surface area contributed by atoms with E-state index in [1.165, 1.54) is 38.5 Å². The largest absolute Gasteiger partial charge is 0.354 e. The highest BCUT2D eigenvalue weighted by atomic mass is 14.7. The molecule has 0 fully saturated rings. The van der Waals surface area contributed by atoms with E-state index in [2.05, 4.69) is 78.6 Å². The van der Waals surface area contributed by atoms with Crippen molar-refractivity contribution in [2.75, 3.05) is 0 Å². The first kappa shape index (κ1) is 11.3. The van der Waals surface area contributed by atoms with Crippen LogP contribution in [0.3, 0.4) is 0 Å². The summed E-state index contributed by atoms with van der Waals surface area (Å²) in [5.74, 6) is 0. The second kappa shape index (κ2) is 4.24. The lowest BCUT2D eigenvalue weighted by Crippen LogP contribution is -1.79. The van der Waals surface area contributed by atoms with Gasteiger partial charge in [0.2, 0.25) is 0 Å². The zero-order valence-corrected chi connectivity index (χ0v) is 11.4. The first-order valence-corrected chi connectivity index (χ1v) is 6.89. The van der Waals surface area contributed by atoms with Gasteiger partial charge in [-0.2, -0.15) is 0 Å². The minimum atomic E-state index is 1.20. The predicted molar refractivity (Wildman–Crippen MR) is 86.0 cm³/mol. The molecule has 0 atom stereocenters. The summed E-state index contributed by atoms with van der Waals surface area (Å²) in [6.45, 7) is 2.14. The zero-order chi connectivity index (χ0) is 13.5. The number of rotatable bonds is 1. The highest BCUT2D eigenvalue weighted by molar-refractivity contribution is 6.11. The number of aromatic amines is 1. The summed E-state index contributed by atoms with van der Waals surface area (Å²) in [4.78, 5) is 3.57. The van der Waals surface area contributed by atoms with E-state index in [0.717, 1.165) is 0 Å². The fourth-order valence-electron chi connectivity index (χ4n) is 2.89. The molecule has 4 rings (SSSR count). The Hall–Kier alpha value is -2.54. The van der Waals surface area contributed by atoms with Crippen molar-refractivity contribution in [3.05, 3.63) is 72.3 Å². The molecule has 3 aromatic carbocycles. The molecule has 0 radical (unpaired) electrons. The van der Waals surface area contributed by atoms with Gasteiger partial charge in [-0.1, -0.05) is 60.2 Å². The normalized spacial score (nSPS) is 11.2. The maximum absolute atomic E-state index is 3.57. The molecule has 0 aliphatic heterocycles. The van der Waals surface area contributed by atoms with Gasteiger partial charge in [-0.15, -0.1) is 0 Å². The van der Waals surface area contributed by atoms with Gasteiger partial charge in [-0.25, -0.2) is 0 Å². The van der Waals surface area contributed by atoms with E-state index in [1.54, 1.807) is 0 Å². The quantitative estimate of drug-likeness (QED) is 0.476. The molecule has 0 aliphatic rings. The first-order valence-electron chi connectivity index (χ1n) is 6.89. The van der Waals surface area contributed by atoms with Crippen LogP contribution in [0.25, 0.3) is 32.9 Å². The van der Waals surface area contributed by atoms with Crippen LogP contribution in [-0.2, 0) is 0 Å². The minimum absolute atomic E-state index is 1.20. The molecule has 0 saturated carbocycles. The van der Waals surface area contributed by atoms with E-state index in [0.29, 0.717) is 0 Å². The molecule has 1 heterocycles. The number of para-hydroxylation sites is 1. The number of fused-ring (bicyclic) bond motifs is 3. The molecule has 4 aromatic rings. The maximum atomic E-state index is 3.57. The molecular weight excluding hydrogens is 242 g/mol. The van der Waals surface area contributed by atoms with Crippen LogP contribution in [0, 0.1) is 6.92 Å². The molecule has 96 valence electrons. The zero-order valence-electron chi connectivity index (χ0n) is 11.4. The van der Waals surface area contributed by atoms with Crippen LogP contribution < -0.4 is 0 Å². The van der Waals surface area contributed by atoms with Crippen molar-refractivity contribution < 1.29 is 0 Å². The molecule has 0 amide bonds. The molecular formula is C19H15N. The monoisotopic (exact) mass is 257 g/mol. The van der Waals surface area contributed by atoms with Crippen LogP contribution >= 0.6 is 0 Å². The number of hydrogen-bond donors (Lipinski definition) is 1. The molecule has 1 heteroatoms. The molecule has 0 spiro atoms. The van der Waals surface area contributed by atoms with Crippen LogP contribution in [0.15, 0.2) is 66.7 Å². The van der Waals surface area contributed by atoms with Crippen molar-refractivity contribution in [2.45, 2.75) is 6.92 Å². The Balaban J connectivity index is 2.11. The van der Waals surface area contributed by atoms with Gasteiger partial charge in [-0.05, 0) is 24.6 Å². The Morgan fingerprint density at radius 2 is 1.60 bits per heavy atom. The van der Waals surface area contributed by atoms with Crippen molar-refractivity contribution in [1.29, 1.82) is 0 Å². The lowest BCUT2D eigenvalue weighted by Gasteiger charge is -2.03. The van der Waals surface area contributed by atoms with E-state index in [1.807, 2.05) is 0 Å². The molecule has 0 unspecified atom stereocenters. The third-order valence-corrected chi connectivity index (χ3v) is 3.87. The summed E-state index contributed by atoms with van der Waals surface area (Å²) in [5.41, 5.74) is 6.23. The van der Waals surface area contributed by atoms with E-state index >= 15 is 0 Å². The average molecular weight is 257 g/mol. The maximum Gasteiger partial charge on any atom is 0.0544 e. The van der Waals surface area contributed by atoms with Crippen molar-refractivity contribution in [1.82, 2.24) is 4.98 Å². The standard InChI is InChI=1S/C19H15N/c1-13-10-11-18-17(12-13)16-9-5-8-15(19(16)20-18)14-6-3-2-4-7-14/h2-12,20H,1H3. The number of aromatic nitrogens is 1. The molecule has 0 bridgehead atoms. The van der Waals surface area contributed by atoms with E-state index < -0.39 is 0 Å². The minimum Gasteiger partial charge on any atom is -0.354 e. The van der Waals surface area contributed by atoms with E-state index in [9.17, 15) is 0 Å². The predicted octanol–water partition coefficient (Wildman–Crippen LogP) is 5.30. The Morgan fingerprint density at radius 3 is 2.45 bits per heavy atom. The third kappa shape index (κ3) is 1.64. The summed E-state index contributed by atoms with van der Waals surface area (Å²) in [6, 6.07) is 23.6. The highest BCUT2D eigenvalue weighted by Gasteiger charge is 2.09. The van der Waals surface area contributed by atoms with Gasteiger partial charge in [0.05, 0.1) is 5.52 Å². The van der Waals surface area contributed by atoms with E-state index in [-0.39, 0.29) is 0 Å². The van der Waals surface area contributed by atoms with Crippen molar-refractivity contribution in [3.8, 4) is 11.1 Å². The Bertz CT molecular complexity index is 901. The van der Waals surface area contributed by atoms with Crippen molar-refractivity contribution >= 4 is 21.8 Å². The highest BCUT2D eigenvalue weighted by Crippen LogP contribution is 2.33. The summed E-state index contributed by atoms with van der Waals surface area (Å²) in [7, 11) is 0. The lowest BCUT2D eigenvalue weighted by atomic mass is 10.0. The summed E-state index contributed by atoms with van der Waals surface area (Å²) in [5, 5.41) is 2.60. The number of H-pyrrole nitrogens is 1. The van der Waals surface area contributed by atoms with E-state index in [4.69, 9.17) is 0 Å². The van der Waals surface area contributed by atoms with Gasteiger partial charge in [0, 0.05) is 21.9 Å².